The van der Waals surface area contributed by atoms with Crippen molar-refractivity contribution in [3.63, 3.8) is 0 Å². The molecule has 0 amide bonds. The van der Waals surface area contributed by atoms with E-state index in [2.05, 4.69) is 72.5 Å². The number of esters is 2. The van der Waals surface area contributed by atoms with Crippen LogP contribution in [0.15, 0.2) is 10.6 Å². The van der Waals surface area contributed by atoms with Gasteiger partial charge in [-0.15, -0.1) is 0 Å². The van der Waals surface area contributed by atoms with E-state index >= 15 is 0 Å². The summed E-state index contributed by atoms with van der Waals surface area (Å²) in [6, 6.07) is 0. The van der Waals surface area contributed by atoms with Gasteiger partial charge in [0.25, 0.3) is 0 Å². The van der Waals surface area contributed by atoms with Crippen LogP contribution in [-0.2, 0) is 63.4 Å². The average molecular weight is 656 g/mol. The van der Waals surface area contributed by atoms with Crippen LogP contribution in [0.5, 0.6) is 0 Å². The van der Waals surface area contributed by atoms with Gasteiger partial charge in [-0.25, -0.2) is 9.59 Å². The van der Waals surface area contributed by atoms with Crippen LogP contribution in [0.4, 0.5) is 0 Å². The fourth-order valence-corrected chi connectivity index (χ4v) is 23.0. The van der Waals surface area contributed by atoms with Crippen molar-refractivity contribution < 1.29 is 63.4 Å². The Morgan fingerprint density at radius 3 is 1.00 bits per heavy atom. The largest absolute Gasteiger partial charge is 0 e. The molecule has 1 rings (SSSR count). The number of hydrogen-bond donors (Lipinski definition) is 0. The van der Waals surface area contributed by atoms with Crippen LogP contribution in [0, 0.1) is 33.3 Å². The van der Waals surface area contributed by atoms with Crippen LogP contribution in [-0.4, -0.2) is 47.2 Å². The molecule has 0 bridgehead atoms. The summed E-state index contributed by atoms with van der Waals surface area (Å²) < 4.78 is 47.2. The summed E-state index contributed by atoms with van der Waals surface area (Å²) in [5.74, 6) is -0.698. The first-order valence-corrected chi connectivity index (χ1v) is 16.3. The molecule has 0 spiro atoms. The minimum absolute atomic E-state index is 0. The molecule has 0 atom stereocenters. The van der Waals surface area contributed by atoms with Crippen molar-refractivity contribution in [1.29, 1.82) is 0 Å². The third-order valence-corrected chi connectivity index (χ3v) is 20.1. The Balaban J connectivity index is -0.000000124. The Morgan fingerprint density at radius 2 is 0.871 bits per heavy atom. The average Bonchev–Trinajstić information content (AvgIpc) is 3.46. The van der Waals surface area contributed by atoms with E-state index in [0.29, 0.717) is 15.5 Å². The number of carbonyl (C=O) groups is 2. The molecule has 0 aromatic rings. The second-order valence-corrected chi connectivity index (χ2v) is 21.5. The summed E-state index contributed by atoms with van der Waals surface area (Å²) in [6.45, 7) is 36.4. The molecule has 13 heteroatoms. The van der Waals surface area contributed by atoms with Gasteiger partial charge in [-0.1, -0.05) is 39.3 Å². The zero-order chi connectivity index (χ0) is 25.9. The second-order valence-electron chi connectivity index (χ2n) is 7.18. The first kappa shape index (κ1) is 43.7. The normalized spacial score (nSPS) is 10.9. The predicted molar refractivity (Wildman–Crippen MR) is 108 cm³/mol. The molecular weight excluding hydrogens is 631 g/mol. The van der Waals surface area contributed by atoms with E-state index in [1.54, 1.807) is 0 Å². The van der Waals surface area contributed by atoms with Gasteiger partial charge in [-0.05, 0) is 12.8 Å². The van der Waals surface area contributed by atoms with Crippen LogP contribution >= 0.6 is 7.92 Å². The third-order valence-electron chi connectivity index (χ3n) is 3.31. The van der Waals surface area contributed by atoms with Gasteiger partial charge >= 0.3 is 68.5 Å². The molecule has 0 aromatic heterocycles. The minimum atomic E-state index is -1.49. The predicted octanol–water partition coefficient (Wildman–Crippen LogP) is 2.97. The van der Waals surface area contributed by atoms with Gasteiger partial charge in [-0.2, -0.15) is 0 Å². The maximum Gasteiger partial charge on any atom is 0 e. The summed E-state index contributed by atoms with van der Waals surface area (Å²) in [7, 11) is -1.04. The summed E-state index contributed by atoms with van der Waals surface area (Å²) >= 11 is 0. The van der Waals surface area contributed by atoms with Crippen molar-refractivity contribution in [2.75, 3.05) is 14.2 Å². The van der Waals surface area contributed by atoms with Crippen molar-refractivity contribution in [3.05, 3.63) is 43.9 Å². The van der Waals surface area contributed by atoms with Crippen molar-refractivity contribution in [2.45, 2.75) is 44.2 Å². The Labute approximate surface area is 201 Å². The van der Waals surface area contributed by atoms with Crippen molar-refractivity contribution >= 4 is 36.0 Å². The maximum absolute atomic E-state index is 11.9. The molecule has 0 N–H and O–H groups in total. The van der Waals surface area contributed by atoms with Crippen molar-refractivity contribution in [2.24, 2.45) is 0 Å². The molecule has 0 saturated carbocycles. The summed E-state index contributed by atoms with van der Waals surface area (Å²) in [6.07, 6.45) is 0. The van der Waals surface area contributed by atoms with Gasteiger partial charge < -0.3 is 9.47 Å². The Morgan fingerprint density at radius 1 is 0.677 bits per heavy atom. The standard InChI is InChI=1S/C13H25O4PSi2.5CO.W/c1-16-11(14)9-10(12(15)17-2)18(9)13(19(3,4)5)20(6,7)8;5*1-2;/h13H,1-8H3;;;;;;. The van der Waals surface area contributed by atoms with E-state index in [4.69, 9.17) is 32.7 Å². The van der Waals surface area contributed by atoms with Gasteiger partial charge in [-0.3, -0.25) is 0 Å². The molecule has 170 valence electrons. The topological polar surface area (TPSA) is 152 Å². The summed E-state index contributed by atoms with van der Waals surface area (Å²) in [5, 5.41) is 1.23. The van der Waals surface area contributed by atoms with Gasteiger partial charge in [0.05, 0.1) is 24.8 Å². The fraction of sp³-hybridized carbons (Fsp3) is 0.500. The van der Waals surface area contributed by atoms with Crippen molar-refractivity contribution in [1.82, 2.24) is 0 Å². The molecule has 0 saturated heterocycles. The number of methoxy groups -OCH3 is 2. The van der Waals surface area contributed by atoms with Crippen LogP contribution in [0.1, 0.15) is 0 Å². The molecule has 0 aromatic carbocycles. The van der Waals surface area contributed by atoms with Crippen LogP contribution in [0.3, 0.4) is 0 Å². The number of rotatable bonds is 5. The van der Waals surface area contributed by atoms with Gasteiger partial charge in [0.15, 0.2) is 0 Å². The van der Waals surface area contributed by atoms with E-state index in [1.165, 1.54) is 14.2 Å². The van der Waals surface area contributed by atoms with E-state index in [-0.39, 0.29) is 33.0 Å². The molecule has 0 unspecified atom stereocenters. The van der Waals surface area contributed by atoms with Gasteiger partial charge in [0.1, 0.15) is 0 Å². The van der Waals surface area contributed by atoms with Crippen LogP contribution in [0.2, 0.25) is 39.3 Å². The zero-order valence-corrected chi connectivity index (χ0v) is 24.4. The molecule has 0 aliphatic carbocycles. The SMILES string of the molecule is COC(=O)C1=C(C(=O)OC)P1C([Si](C)(C)C)[Si](C)(C)C.[C-]#[O+].[C-]#[O+].[C-]#[O+].[C-]#[O+].[C-]#[O+].[W]. The first-order valence-electron chi connectivity index (χ1n) is 7.69. The number of carbonyl (C=O) groups excluding carboxylic acids is 2. The molecular formula is C18H25O9PSi2W. The Hall–Kier alpha value is -1.07. The molecule has 1 aliphatic heterocycles. The smallest absolute Gasteiger partial charge is 0 e. The summed E-state index contributed by atoms with van der Waals surface area (Å²) in [5.41, 5.74) is 0. The minimum Gasteiger partial charge on any atom is 0 e. The Kier molecular flexibility index (Phi) is 33.3. The maximum atomic E-state index is 11.9. The van der Waals surface area contributed by atoms with Gasteiger partial charge in [0, 0.05) is 37.2 Å². The van der Waals surface area contributed by atoms with E-state index < -0.39 is 24.1 Å². The zero-order valence-electron chi connectivity index (χ0n) is 18.6. The molecule has 1 heterocycles. The van der Waals surface area contributed by atoms with E-state index in [0.717, 1.165) is 0 Å². The Bertz CT molecular complexity index is 594. The molecule has 1 aliphatic rings. The van der Waals surface area contributed by atoms with Crippen LogP contribution < -0.4 is 0 Å². The molecule has 0 radical (unpaired) electrons. The van der Waals surface area contributed by atoms with E-state index in [9.17, 15) is 9.59 Å². The van der Waals surface area contributed by atoms with Crippen LogP contribution in [0.25, 0.3) is 0 Å². The second kappa shape index (κ2) is 23.6. The summed E-state index contributed by atoms with van der Waals surface area (Å²) in [4.78, 5) is 24.4. The van der Waals surface area contributed by atoms with Gasteiger partial charge in [0.2, 0.25) is 0 Å². The molecule has 9 nitrogen and oxygen atoms in total. The first-order chi connectivity index (χ1) is 14.0. The number of ether oxygens (including phenoxy) is 2. The van der Waals surface area contributed by atoms with E-state index in [1.807, 2.05) is 0 Å². The molecule has 0 fully saturated rings. The quantitative estimate of drug-likeness (QED) is 0.147. The third kappa shape index (κ3) is 15.4. The monoisotopic (exact) mass is 656 g/mol. The molecule has 31 heavy (non-hydrogen) atoms. The number of hydrogen-bond acceptors (Lipinski definition) is 4. The fourth-order valence-electron chi connectivity index (χ4n) is 3.09. The van der Waals surface area contributed by atoms with Crippen molar-refractivity contribution in [3.8, 4) is 0 Å².